The molecule has 0 aliphatic carbocycles. The summed E-state index contributed by atoms with van der Waals surface area (Å²) in [5, 5.41) is 0. The molecule has 2 atom stereocenters. The average molecular weight is 315 g/mol. The number of sulfonamides is 1. The van der Waals surface area contributed by atoms with E-state index in [1.54, 1.807) is 7.11 Å². The molecule has 0 saturated carbocycles. The highest BCUT2D eigenvalue weighted by Crippen LogP contribution is 2.39. The number of benzene rings is 1. The molecule has 5 nitrogen and oxygen atoms in total. The van der Waals surface area contributed by atoms with Gasteiger partial charge in [-0.15, -0.1) is 0 Å². The van der Waals surface area contributed by atoms with Gasteiger partial charge in [0, 0.05) is 26.8 Å². The molecule has 0 N–H and O–H groups in total. The molecular weight excluding hydrogens is 297 g/mol. The third kappa shape index (κ3) is 2.38. The predicted molar refractivity (Wildman–Crippen MR) is 73.9 cm³/mol. The van der Waals surface area contributed by atoms with Crippen LogP contribution in [-0.4, -0.2) is 51.2 Å². The van der Waals surface area contributed by atoms with Crippen molar-refractivity contribution in [3.05, 3.63) is 30.1 Å². The Balaban J connectivity index is 1.93. The summed E-state index contributed by atoms with van der Waals surface area (Å²) in [6, 6.07) is 5.42. The van der Waals surface area contributed by atoms with Crippen LogP contribution in [0.3, 0.4) is 0 Å². The lowest BCUT2D eigenvalue weighted by Gasteiger charge is -2.27. The van der Waals surface area contributed by atoms with Gasteiger partial charge >= 0.3 is 0 Å². The van der Waals surface area contributed by atoms with E-state index in [1.807, 2.05) is 0 Å². The van der Waals surface area contributed by atoms with E-state index in [0.29, 0.717) is 6.61 Å². The second kappa shape index (κ2) is 5.31. The van der Waals surface area contributed by atoms with E-state index >= 15 is 0 Å². The zero-order chi connectivity index (χ0) is 15.1. The van der Waals surface area contributed by atoms with Crippen molar-refractivity contribution in [3.63, 3.8) is 0 Å². The topological polar surface area (TPSA) is 55.8 Å². The molecule has 2 aliphatic rings. The summed E-state index contributed by atoms with van der Waals surface area (Å²) >= 11 is 0. The standard InChI is InChI=1S/C14H18FNO4S/c1-19-13-9-16(10-14(13)7-4-8-20-14)21(17,18)12-6-3-2-5-11(12)15/h2-3,5-6,13H,4,7-10H2,1H3/t13-,14-/m0/s1. The fraction of sp³-hybridized carbons (Fsp3) is 0.571. The van der Waals surface area contributed by atoms with Crippen LogP contribution in [0.1, 0.15) is 12.8 Å². The van der Waals surface area contributed by atoms with Crippen LogP contribution in [0.5, 0.6) is 0 Å². The Morgan fingerprint density at radius 3 is 2.81 bits per heavy atom. The van der Waals surface area contributed by atoms with E-state index in [2.05, 4.69) is 0 Å². The third-order valence-electron chi connectivity index (χ3n) is 4.27. The Hall–Kier alpha value is -1.02. The molecule has 3 rings (SSSR count). The fourth-order valence-electron chi connectivity index (χ4n) is 3.18. The van der Waals surface area contributed by atoms with E-state index in [9.17, 15) is 12.8 Å². The number of rotatable bonds is 3. The van der Waals surface area contributed by atoms with Crippen molar-refractivity contribution in [3.8, 4) is 0 Å². The van der Waals surface area contributed by atoms with Crippen LogP contribution in [0.25, 0.3) is 0 Å². The Morgan fingerprint density at radius 1 is 1.43 bits per heavy atom. The Bertz CT molecular complexity index is 628. The zero-order valence-corrected chi connectivity index (χ0v) is 12.6. The van der Waals surface area contributed by atoms with Crippen LogP contribution in [0.15, 0.2) is 29.2 Å². The maximum absolute atomic E-state index is 13.8. The van der Waals surface area contributed by atoms with Crippen LogP contribution in [-0.2, 0) is 19.5 Å². The van der Waals surface area contributed by atoms with Gasteiger partial charge in [0.15, 0.2) is 0 Å². The minimum Gasteiger partial charge on any atom is -0.377 e. The smallest absolute Gasteiger partial charge is 0.246 e. The largest absolute Gasteiger partial charge is 0.377 e. The minimum absolute atomic E-state index is 0.188. The van der Waals surface area contributed by atoms with Gasteiger partial charge in [-0.3, -0.25) is 0 Å². The first-order chi connectivity index (χ1) is 9.99. The highest BCUT2D eigenvalue weighted by Gasteiger charge is 2.53. The van der Waals surface area contributed by atoms with Crippen molar-refractivity contribution in [2.75, 3.05) is 26.8 Å². The summed E-state index contributed by atoms with van der Waals surface area (Å²) < 4.78 is 51.5. The second-order valence-corrected chi connectivity index (χ2v) is 7.38. The van der Waals surface area contributed by atoms with Gasteiger partial charge in [0.1, 0.15) is 22.4 Å². The lowest BCUT2D eigenvalue weighted by molar-refractivity contribution is -0.0753. The summed E-state index contributed by atoms with van der Waals surface area (Å²) in [4.78, 5) is -0.296. The summed E-state index contributed by atoms with van der Waals surface area (Å²) in [7, 11) is -2.33. The van der Waals surface area contributed by atoms with Gasteiger partial charge in [-0.1, -0.05) is 12.1 Å². The number of ether oxygens (including phenoxy) is 2. The monoisotopic (exact) mass is 315 g/mol. The molecule has 1 spiro atoms. The van der Waals surface area contributed by atoms with Gasteiger partial charge in [-0.2, -0.15) is 4.31 Å². The molecule has 0 aromatic heterocycles. The SMILES string of the molecule is CO[C@H]1CN(S(=O)(=O)c2ccccc2F)C[C@@]12CCCO2. The maximum Gasteiger partial charge on any atom is 0.246 e. The van der Waals surface area contributed by atoms with Crippen LogP contribution >= 0.6 is 0 Å². The van der Waals surface area contributed by atoms with E-state index in [-0.39, 0.29) is 24.1 Å². The first-order valence-electron chi connectivity index (χ1n) is 6.91. The lowest BCUT2D eigenvalue weighted by atomic mass is 9.97. The first-order valence-corrected chi connectivity index (χ1v) is 8.35. The highest BCUT2D eigenvalue weighted by molar-refractivity contribution is 7.89. The van der Waals surface area contributed by atoms with Gasteiger partial charge in [0.2, 0.25) is 10.0 Å². The normalized spacial score (nSPS) is 30.3. The molecule has 0 unspecified atom stereocenters. The van der Waals surface area contributed by atoms with Gasteiger partial charge < -0.3 is 9.47 Å². The van der Waals surface area contributed by atoms with Crippen LogP contribution in [0.4, 0.5) is 4.39 Å². The average Bonchev–Trinajstić information content (AvgIpc) is 3.07. The van der Waals surface area contributed by atoms with Crippen molar-refractivity contribution >= 4 is 10.0 Å². The number of hydrogen-bond donors (Lipinski definition) is 0. The molecule has 21 heavy (non-hydrogen) atoms. The lowest BCUT2D eigenvalue weighted by Crippen LogP contribution is -2.42. The Labute approximate surface area is 123 Å². The number of nitrogens with zero attached hydrogens (tertiary/aromatic N) is 1. The van der Waals surface area contributed by atoms with Crippen molar-refractivity contribution < 1.29 is 22.3 Å². The van der Waals surface area contributed by atoms with Crippen molar-refractivity contribution in [1.29, 1.82) is 0 Å². The van der Waals surface area contributed by atoms with Crippen LogP contribution in [0.2, 0.25) is 0 Å². The molecule has 2 saturated heterocycles. The molecule has 0 amide bonds. The summed E-state index contributed by atoms with van der Waals surface area (Å²) in [6.45, 7) is 1.00. The highest BCUT2D eigenvalue weighted by atomic mass is 32.2. The molecule has 7 heteroatoms. The minimum atomic E-state index is -3.88. The third-order valence-corrected chi connectivity index (χ3v) is 6.12. The molecule has 1 aromatic carbocycles. The summed E-state index contributed by atoms with van der Waals surface area (Å²) in [5.74, 6) is -0.736. The Morgan fingerprint density at radius 2 is 2.19 bits per heavy atom. The molecule has 2 fully saturated rings. The van der Waals surface area contributed by atoms with Gasteiger partial charge in [0.05, 0.1) is 0 Å². The fourth-order valence-corrected chi connectivity index (χ4v) is 4.74. The van der Waals surface area contributed by atoms with Gasteiger partial charge in [-0.25, -0.2) is 12.8 Å². The first kappa shape index (κ1) is 14.9. The Kier molecular flexibility index (Phi) is 3.77. The summed E-state index contributed by atoms with van der Waals surface area (Å²) in [6.07, 6.45) is 1.32. The van der Waals surface area contributed by atoms with Gasteiger partial charge in [-0.05, 0) is 25.0 Å². The molecule has 2 heterocycles. The maximum atomic E-state index is 13.8. The van der Waals surface area contributed by atoms with E-state index in [1.165, 1.54) is 22.5 Å². The van der Waals surface area contributed by atoms with E-state index < -0.39 is 21.4 Å². The number of hydrogen-bond acceptors (Lipinski definition) is 4. The number of methoxy groups -OCH3 is 1. The molecule has 0 bridgehead atoms. The van der Waals surface area contributed by atoms with Crippen molar-refractivity contribution in [1.82, 2.24) is 4.31 Å². The molecule has 2 aliphatic heterocycles. The second-order valence-electron chi connectivity index (χ2n) is 5.47. The molecule has 0 radical (unpaired) electrons. The summed E-state index contributed by atoms with van der Waals surface area (Å²) in [5.41, 5.74) is -0.590. The van der Waals surface area contributed by atoms with Gasteiger partial charge in [0.25, 0.3) is 0 Å². The quantitative estimate of drug-likeness (QED) is 0.846. The molecule has 116 valence electrons. The van der Waals surface area contributed by atoms with Crippen LogP contribution < -0.4 is 0 Å². The molecular formula is C14H18FNO4S. The van der Waals surface area contributed by atoms with E-state index in [4.69, 9.17) is 9.47 Å². The van der Waals surface area contributed by atoms with Crippen molar-refractivity contribution in [2.45, 2.75) is 29.4 Å². The van der Waals surface area contributed by atoms with E-state index in [0.717, 1.165) is 18.9 Å². The number of halogens is 1. The molecule has 1 aromatic rings. The van der Waals surface area contributed by atoms with Crippen molar-refractivity contribution in [2.24, 2.45) is 0 Å². The zero-order valence-electron chi connectivity index (χ0n) is 11.8. The predicted octanol–water partition coefficient (Wildman–Crippen LogP) is 1.39. The van der Waals surface area contributed by atoms with Crippen LogP contribution in [0, 0.1) is 5.82 Å².